The molecule has 5 rings (SSSR count). The van der Waals surface area contributed by atoms with E-state index in [9.17, 15) is 14.4 Å². The van der Waals surface area contributed by atoms with Crippen LogP contribution < -0.4 is 15.0 Å². The molecule has 1 aliphatic heterocycles. The third kappa shape index (κ3) is 5.25. The number of carbonyl (C=O) groups excluding carboxylic acids is 3. The van der Waals surface area contributed by atoms with Crippen LogP contribution in [0.15, 0.2) is 48.5 Å². The lowest BCUT2D eigenvalue weighted by Crippen LogP contribution is -2.40. The van der Waals surface area contributed by atoms with Gasteiger partial charge in [0.2, 0.25) is 0 Å². The van der Waals surface area contributed by atoms with Crippen molar-refractivity contribution in [2.24, 2.45) is 0 Å². The summed E-state index contributed by atoms with van der Waals surface area (Å²) in [5.41, 5.74) is 2.32. The molecule has 40 heavy (non-hydrogen) atoms. The number of hydrogen-bond donors (Lipinski definition) is 1. The number of ether oxygens (including phenoxy) is 3. The number of benzene rings is 2. The van der Waals surface area contributed by atoms with E-state index in [4.69, 9.17) is 14.2 Å². The average Bonchev–Trinajstić information content (AvgIpc) is 3.58. The number of esters is 1. The highest BCUT2D eigenvalue weighted by atomic mass is 16.6. The Morgan fingerprint density at radius 2 is 1.68 bits per heavy atom. The summed E-state index contributed by atoms with van der Waals surface area (Å²) >= 11 is 0. The van der Waals surface area contributed by atoms with Crippen molar-refractivity contribution in [3.05, 3.63) is 71.0 Å². The molecule has 1 aromatic heterocycles. The first-order valence-electron chi connectivity index (χ1n) is 13.4. The van der Waals surface area contributed by atoms with Crippen LogP contribution in [0, 0.1) is 0 Å². The highest BCUT2D eigenvalue weighted by molar-refractivity contribution is 6.09. The highest BCUT2D eigenvalue weighted by Crippen LogP contribution is 2.46. The molecule has 2 aromatic carbocycles. The molecule has 0 saturated heterocycles. The van der Waals surface area contributed by atoms with Crippen LogP contribution in [0.1, 0.15) is 72.6 Å². The second-order valence-electron chi connectivity index (χ2n) is 11.0. The number of amides is 2. The Bertz CT molecular complexity index is 1430. The fourth-order valence-corrected chi connectivity index (χ4v) is 4.95. The van der Waals surface area contributed by atoms with Crippen molar-refractivity contribution in [2.75, 3.05) is 25.2 Å². The normalized spacial score (nSPS) is 15.7. The van der Waals surface area contributed by atoms with Gasteiger partial charge in [0, 0.05) is 17.8 Å². The van der Waals surface area contributed by atoms with E-state index in [2.05, 4.69) is 10.4 Å². The number of aromatic nitrogens is 2. The lowest BCUT2D eigenvalue weighted by molar-refractivity contribution is 0.0490. The molecule has 0 bridgehead atoms. The molecule has 0 radical (unpaired) electrons. The molecule has 2 aliphatic rings. The maximum atomic E-state index is 13.9. The highest BCUT2D eigenvalue weighted by Gasteiger charge is 2.46. The van der Waals surface area contributed by atoms with Gasteiger partial charge in [-0.05, 0) is 88.9 Å². The molecule has 0 atom stereocenters. The zero-order chi connectivity index (χ0) is 28.7. The Morgan fingerprint density at radius 1 is 1.02 bits per heavy atom. The molecule has 1 saturated carbocycles. The Balaban J connectivity index is 1.43. The number of fused-ring (bicyclic) bond motifs is 1. The third-order valence-corrected chi connectivity index (χ3v) is 7.02. The van der Waals surface area contributed by atoms with Crippen LogP contribution in [-0.4, -0.2) is 53.6 Å². The van der Waals surface area contributed by atoms with E-state index >= 15 is 0 Å². The summed E-state index contributed by atoms with van der Waals surface area (Å²) in [7, 11) is 1.58. The quantitative estimate of drug-likeness (QED) is 0.425. The van der Waals surface area contributed by atoms with Gasteiger partial charge in [-0.2, -0.15) is 5.10 Å². The molecule has 0 spiro atoms. The van der Waals surface area contributed by atoms with Crippen LogP contribution in [0.2, 0.25) is 0 Å². The summed E-state index contributed by atoms with van der Waals surface area (Å²) in [6.45, 7) is 7.82. The number of anilines is 1. The lowest BCUT2D eigenvalue weighted by Gasteiger charge is -2.28. The fraction of sp³-hybridized carbons (Fsp3) is 0.400. The molecule has 2 heterocycles. The van der Waals surface area contributed by atoms with Crippen LogP contribution in [0.3, 0.4) is 0 Å². The monoisotopic (exact) mass is 546 g/mol. The van der Waals surface area contributed by atoms with Gasteiger partial charge in [-0.1, -0.05) is 12.1 Å². The number of alkyl carbamates (subject to hydrolysis) is 1. The van der Waals surface area contributed by atoms with Crippen molar-refractivity contribution in [3.63, 3.8) is 0 Å². The molecule has 1 aliphatic carbocycles. The minimum Gasteiger partial charge on any atom is -0.497 e. The molecule has 1 fully saturated rings. The number of rotatable bonds is 7. The van der Waals surface area contributed by atoms with Crippen molar-refractivity contribution in [1.82, 2.24) is 15.1 Å². The maximum absolute atomic E-state index is 13.9. The van der Waals surface area contributed by atoms with Gasteiger partial charge in [-0.15, -0.1) is 0 Å². The molecule has 210 valence electrons. The average molecular weight is 547 g/mol. The lowest BCUT2D eigenvalue weighted by atomic mass is 10.0. The third-order valence-electron chi connectivity index (χ3n) is 7.02. The molecule has 0 unspecified atom stereocenters. The summed E-state index contributed by atoms with van der Waals surface area (Å²) in [6.07, 6.45) is 1.62. The van der Waals surface area contributed by atoms with Crippen LogP contribution in [0.25, 0.3) is 5.69 Å². The first-order chi connectivity index (χ1) is 19.0. The second kappa shape index (κ2) is 10.3. The van der Waals surface area contributed by atoms with Gasteiger partial charge < -0.3 is 24.4 Å². The van der Waals surface area contributed by atoms with E-state index in [-0.39, 0.29) is 18.2 Å². The van der Waals surface area contributed by atoms with E-state index in [1.807, 2.05) is 45.0 Å². The largest absolute Gasteiger partial charge is 0.497 e. The van der Waals surface area contributed by atoms with Gasteiger partial charge >= 0.3 is 12.1 Å². The predicted molar refractivity (Wildman–Crippen MR) is 148 cm³/mol. The first-order valence-corrected chi connectivity index (χ1v) is 13.4. The maximum Gasteiger partial charge on any atom is 0.408 e. The number of methoxy groups -OCH3 is 1. The molecular weight excluding hydrogens is 512 g/mol. The van der Waals surface area contributed by atoms with Crippen molar-refractivity contribution in [2.45, 2.75) is 58.1 Å². The van der Waals surface area contributed by atoms with E-state index < -0.39 is 23.2 Å². The predicted octanol–water partition coefficient (Wildman–Crippen LogP) is 4.77. The van der Waals surface area contributed by atoms with Crippen LogP contribution in [0.4, 0.5) is 10.5 Å². The SMILES string of the molecule is CCOC(=O)c1nn(-c2ccc(OC)cc2)c2c1CCN(c1ccc(C3(NC(=O)OC(C)(C)C)CC3)cc1)C2=O. The molecular formula is C30H34N4O6. The van der Waals surface area contributed by atoms with Gasteiger partial charge in [0.05, 0.1) is 24.9 Å². The van der Waals surface area contributed by atoms with Crippen LogP contribution in [0.5, 0.6) is 5.75 Å². The number of nitrogens with zero attached hydrogens (tertiary/aromatic N) is 3. The number of hydrogen-bond acceptors (Lipinski definition) is 7. The van der Waals surface area contributed by atoms with Gasteiger partial charge in [0.25, 0.3) is 5.91 Å². The van der Waals surface area contributed by atoms with Gasteiger partial charge in [-0.25, -0.2) is 14.3 Å². The van der Waals surface area contributed by atoms with Gasteiger partial charge in [0.15, 0.2) is 5.69 Å². The first kappa shape index (κ1) is 27.2. The van der Waals surface area contributed by atoms with Crippen molar-refractivity contribution < 1.29 is 28.6 Å². The van der Waals surface area contributed by atoms with E-state index in [0.29, 0.717) is 41.3 Å². The second-order valence-corrected chi connectivity index (χ2v) is 11.0. The fourth-order valence-electron chi connectivity index (χ4n) is 4.95. The Kier molecular flexibility index (Phi) is 7.03. The summed E-state index contributed by atoms with van der Waals surface area (Å²) in [5.74, 6) is -0.150. The standard InChI is InChI=1S/C30H34N4O6/c1-6-39-27(36)24-23-15-18-33(26(35)25(23)34(32-24)21-11-13-22(38-5)14-12-21)20-9-7-19(8-10-20)30(16-17-30)31-28(37)40-29(2,3)4/h7-14H,6,15-18H2,1-5H3,(H,31,37). The van der Waals surface area contributed by atoms with Crippen LogP contribution in [-0.2, 0) is 21.4 Å². The summed E-state index contributed by atoms with van der Waals surface area (Å²) in [6, 6.07) is 14.8. The van der Waals surface area contributed by atoms with Crippen LogP contribution >= 0.6 is 0 Å². The summed E-state index contributed by atoms with van der Waals surface area (Å²) < 4.78 is 17.4. The molecule has 2 amide bonds. The van der Waals surface area contributed by atoms with Crippen molar-refractivity contribution in [3.8, 4) is 11.4 Å². The summed E-state index contributed by atoms with van der Waals surface area (Å²) in [5, 5.41) is 7.54. The number of nitrogens with one attached hydrogen (secondary N) is 1. The molecule has 3 aromatic rings. The zero-order valence-electron chi connectivity index (χ0n) is 23.4. The molecule has 10 nitrogen and oxygen atoms in total. The molecule has 10 heteroatoms. The Labute approximate surface area is 233 Å². The topological polar surface area (TPSA) is 112 Å². The smallest absolute Gasteiger partial charge is 0.408 e. The zero-order valence-corrected chi connectivity index (χ0v) is 23.4. The summed E-state index contributed by atoms with van der Waals surface area (Å²) in [4.78, 5) is 40.7. The minimum atomic E-state index is -0.580. The van der Waals surface area contributed by atoms with E-state index in [0.717, 1.165) is 18.4 Å². The van der Waals surface area contributed by atoms with Crippen molar-refractivity contribution in [1.29, 1.82) is 0 Å². The van der Waals surface area contributed by atoms with E-state index in [1.165, 1.54) is 4.68 Å². The minimum absolute atomic E-state index is 0.153. The Hall–Kier alpha value is -4.34. The van der Waals surface area contributed by atoms with Gasteiger partial charge in [0.1, 0.15) is 17.0 Å². The van der Waals surface area contributed by atoms with E-state index in [1.54, 1.807) is 43.2 Å². The molecule has 1 N–H and O–H groups in total. The van der Waals surface area contributed by atoms with Gasteiger partial charge in [-0.3, -0.25) is 4.79 Å². The van der Waals surface area contributed by atoms with Crippen molar-refractivity contribution >= 4 is 23.7 Å². The Morgan fingerprint density at radius 3 is 2.25 bits per heavy atom. The number of carbonyl (C=O) groups is 3.